The minimum absolute atomic E-state index is 0.162. The first-order chi connectivity index (χ1) is 8.56. The van der Waals surface area contributed by atoms with Crippen LogP contribution in [0.3, 0.4) is 0 Å². The van der Waals surface area contributed by atoms with Crippen LogP contribution in [0.2, 0.25) is 0 Å². The van der Waals surface area contributed by atoms with Crippen LogP contribution >= 0.6 is 11.8 Å². The maximum Gasteiger partial charge on any atom is 0.335 e. The molecular weight excluding hydrogens is 254 g/mol. The number of carbonyl (C=O) groups is 2. The summed E-state index contributed by atoms with van der Waals surface area (Å²) in [5, 5.41) is 20.8. The minimum Gasteiger partial charge on any atom is -0.480 e. The molecule has 18 heavy (non-hydrogen) atoms. The van der Waals surface area contributed by atoms with Gasteiger partial charge in [-0.2, -0.15) is 0 Å². The van der Waals surface area contributed by atoms with E-state index < -0.39 is 18.0 Å². The van der Waals surface area contributed by atoms with Gasteiger partial charge in [-0.05, 0) is 24.6 Å². The summed E-state index contributed by atoms with van der Waals surface area (Å²) in [6.45, 7) is 0.624. The third-order valence-electron chi connectivity index (χ3n) is 2.77. The smallest absolute Gasteiger partial charge is 0.335 e. The topological polar surface area (TPSA) is 86.6 Å². The first-order valence-corrected chi connectivity index (χ1v) is 6.40. The number of aromatic carboxylic acids is 1. The summed E-state index contributed by atoms with van der Waals surface area (Å²) < 4.78 is 0. The van der Waals surface area contributed by atoms with E-state index in [9.17, 15) is 9.59 Å². The van der Waals surface area contributed by atoms with E-state index >= 15 is 0 Å². The van der Waals surface area contributed by atoms with E-state index in [1.165, 1.54) is 11.8 Å². The second-order valence-corrected chi connectivity index (χ2v) is 5.48. The third kappa shape index (κ3) is 3.02. The van der Waals surface area contributed by atoms with Crippen molar-refractivity contribution in [3.05, 3.63) is 29.8 Å². The quantitative estimate of drug-likeness (QED) is 0.762. The number of hydrogen-bond acceptors (Lipinski definition) is 4. The van der Waals surface area contributed by atoms with Gasteiger partial charge < -0.3 is 15.5 Å². The fourth-order valence-electron chi connectivity index (χ4n) is 1.88. The van der Waals surface area contributed by atoms with Gasteiger partial charge in [0.25, 0.3) is 0 Å². The summed E-state index contributed by atoms with van der Waals surface area (Å²) in [6, 6.07) is 6.19. The molecule has 0 aliphatic carbocycles. The zero-order valence-electron chi connectivity index (χ0n) is 9.50. The van der Waals surface area contributed by atoms with Crippen molar-refractivity contribution < 1.29 is 19.8 Å². The van der Waals surface area contributed by atoms with E-state index in [1.54, 1.807) is 18.2 Å². The number of aliphatic carboxylic acids is 1. The number of hydrogen-bond donors (Lipinski definition) is 3. The van der Waals surface area contributed by atoms with Crippen LogP contribution in [0.25, 0.3) is 0 Å². The molecule has 5 nitrogen and oxygen atoms in total. The molecule has 96 valence electrons. The fourth-order valence-corrected chi connectivity index (χ4v) is 3.08. The van der Waals surface area contributed by atoms with Crippen LogP contribution in [0, 0.1) is 0 Å². The molecule has 1 heterocycles. The Morgan fingerprint density at radius 3 is 2.72 bits per heavy atom. The first kappa shape index (κ1) is 12.9. The van der Waals surface area contributed by atoms with Crippen molar-refractivity contribution in [3.63, 3.8) is 0 Å². The van der Waals surface area contributed by atoms with Crippen LogP contribution in [-0.4, -0.2) is 40.0 Å². The van der Waals surface area contributed by atoms with E-state index in [-0.39, 0.29) is 10.8 Å². The summed E-state index contributed by atoms with van der Waals surface area (Å²) in [5.41, 5.74) is 0.251. The molecule has 1 aliphatic rings. The fraction of sp³-hybridized carbons (Fsp3) is 0.333. The highest BCUT2D eigenvalue weighted by molar-refractivity contribution is 8.00. The van der Waals surface area contributed by atoms with Gasteiger partial charge in [0.15, 0.2) is 0 Å². The maximum atomic E-state index is 10.8. The lowest BCUT2D eigenvalue weighted by atomic mass is 10.2. The van der Waals surface area contributed by atoms with Crippen LogP contribution in [-0.2, 0) is 4.79 Å². The lowest BCUT2D eigenvalue weighted by molar-refractivity contribution is -0.139. The van der Waals surface area contributed by atoms with Gasteiger partial charge in [0.1, 0.15) is 6.04 Å². The second-order valence-electron chi connectivity index (χ2n) is 4.11. The molecule has 0 saturated carbocycles. The highest BCUT2D eigenvalue weighted by Gasteiger charge is 2.29. The van der Waals surface area contributed by atoms with Gasteiger partial charge in [-0.15, -0.1) is 11.8 Å². The van der Waals surface area contributed by atoms with E-state index in [1.807, 2.05) is 6.07 Å². The molecule has 2 rings (SSSR count). The molecule has 1 aromatic carbocycles. The van der Waals surface area contributed by atoms with Crippen molar-refractivity contribution in [1.29, 1.82) is 0 Å². The molecule has 1 saturated heterocycles. The zero-order valence-corrected chi connectivity index (χ0v) is 10.3. The van der Waals surface area contributed by atoms with Crippen LogP contribution in [0.1, 0.15) is 16.8 Å². The monoisotopic (exact) mass is 267 g/mol. The number of thioether (sulfide) groups is 1. The van der Waals surface area contributed by atoms with E-state index in [4.69, 9.17) is 10.2 Å². The van der Waals surface area contributed by atoms with Crippen LogP contribution in [0.5, 0.6) is 0 Å². The van der Waals surface area contributed by atoms with E-state index in [2.05, 4.69) is 5.32 Å². The second kappa shape index (κ2) is 5.41. The number of carboxylic acids is 2. The van der Waals surface area contributed by atoms with Gasteiger partial charge in [0.05, 0.1) is 5.56 Å². The molecule has 0 amide bonds. The Bertz CT molecular complexity index is 477. The first-order valence-electron chi connectivity index (χ1n) is 5.52. The van der Waals surface area contributed by atoms with Gasteiger partial charge >= 0.3 is 11.9 Å². The maximum absolute atomic E-state index is 10.8. The Morgan fingerprint density at radius 2 is 2.11 bits per heavy atom. The number of benzene rings is 1. The molecule has 0 unspecified atom stereocenters. The molecular formula is C12H13NO4S. The number of carboxylic acid groups (broad SMARTS) is 2. The van der Waals surface area contributed by atoms with Crippen molar-refractivity contribution in [1.82, 2.24) is 5.32 Å². The van der Waals surface area contributed by atoms with Crippen LogP contribution in [0.15, 0.2) is 29.2 Å². The molecule has 6 heteroatoms. The van der Waals surface area contributed by atoms with Crippen molar-refractivity contribution in [2.75, 3.05) is 6.54 Å². The molecule has 0 spiro atoms. The summed E-state index contributed by atoms with van der Waals surface area (Å²) in [6.07, 6.45) is 0.553. The average molecular weight is 267 g/mol. The normalized spacial score (nSPS) is 22.9. The average Bonchev–Trinajstić information content (AvgIpc) is 2.78. The standard InChI is InChI=1S/C12H13NO4S/c14-11(15)7-2-1-3-8(4-7)18-9-5-10(12(16)17)13-6-9/h1-4,9-10,13H,5-6H2,(H,14,15)(H,16,17)/t9-,10+/m1/s1. The van der Waals surface area contributed by atoms with Crippen molar-refractivity contribution in [2.45, 2.75) is 22.6 Å². The van der Waals surface area contributed by atoms with Crippen LogP contribution < -0.4 is 5.32 Å². The lowest BCUT2D eigenvalue weighted by Crippen LogP contribution is -2.29. The van der Waals surface area contributed by atoms with E-state index in [0.29, 0.717) is 13.0 Å². The van der Waals surface area contributed by atoms with Crippen molar-refractivity contribution in [3.8, 4) is 0 Å². The number of rotatable bonds is 4. The molecule has 3 N–H and O–H groups in total. The predicted octanol–water partition coefficient (Wildman–Crippen LogP) is 1.29. The Morgan fingerprint density at radius 1 is 1.33 bits per heavy atom. The molecule has 1 aliphatic heterocycles. The highest BCUT2D eigenvalue weighted by Crippen LogP contribution is 2.29. The predicted molar refractivity (Wildman–Crippen MR) is 67.1 cm³/mol. The molecule has 1 aromatic rings. The van der Waals surface area contributed by atoms with Gasteiger partial charge in [0.2, 0.25) is 0 Å². The summed E-state index contributed by atoms with van der Waals surface area (Å²) >= 11 is 1.51. The van der Waals surface area contributed by atoms with Crippen molar-refractivity contribution >= 4 is 23.7 Å². The molecule has 0 bridgehead atoms. The Hall–Kier alpha value is -1.53. The van der Waals surface area contributed by atoms with Crippen molar-refractivity contribution in [2.24, 2.45) is 0 Å². The minimum atomic E-state index is -0.953. The third-order valence-corrected chi connectivity index (χ3v) is 3.99. The molecule has 2 atom stereocenters. The molecule has 1 fully saturated rings. The SMILES string of the molecule is O=C(O)c1cccc(S[C@H]2CN[C@H](C(=O)O)C2)c1. The zero-order chi connectivity index (χ0) is 13.1. The molecule has 0 aromatic heterocycles. The summed E-state index contributed by atoms with van der Waals surface area (Å²) in [4.78, 5) is 22.5. The Balaban J connectivity index is 2.00. The van der Waals surface area contributed by atoms with Gasteiger partial charge in [-0.1, -0.05) is 6.07 Å². The summed E-state index contributed by atoms with van der Waals surface area (Å²) in [5.74, 6) is -1.79. The largest absolute Gasteiger partial charge is 0.480 e. The Labute approximate surface area is 108 Å². The highest BCUT2D eigenvalue weighted by atomic mass is 32.2. The van der Waals surface area contributed by atoms with E-state index in [0.717, 1.165) is 4.90 Å². The van der Waals surface area contributed by atoms with Crippen LogP contribution in [0.4, 0.5) is 0 Å². The molecule has 0 radical (unpaired) electrons. The number of nitrogens with one attached hydrogen (secondary N) is 1. The van der Waals surface area contributed by atoms with Gasteiger partial charge in [-0.25, -0.2) is 4.79 Å². The van der Waals surface area contributed by atoms with Gasteiger partial charge in [0, 0.05) is 16.7 Å². The Kier molecular flexibility index (Phi) is 3.88. The lowest BCUT2D eigenvalue weighted by Gasteiger charge is -2.08. The van der Waals surface area contributed by atoms with Gasteiger partial charge in [-0.3, -0.25) is 4.79 Å². The summed E-state index contributed by atoms with van der Waals surface area (Å²) in [7, 11) is 0.